The molecule has 2 aromatic carbocycles. The zero-order chi connectivity index (χ0) is 18.5. The van der Waals surface area contributed by atoms with Gasteiger partial charge in [-0.3, -0.25) is 9.59 Å². The van der Waals surface area contributed by atoms with Crippen LogP contribution in [0.25, 0.3) is 10.6 Å². The Morgan fingerprint density at radius 3 is 2.62 bits per heavy atom. The first-order valence-corrected chi connectivity index (χ1v) is 9.20. The number of hydrogen-bond donors (Lipinski definition) is 2. The number of nitrogens with zero attached hydrogens (tertiary/aromatic N) is 1. The highest BCUT2D eigenvalue weighted by Crippen LogP contribution is 2.25. The number of nitrogens with one attached hydrogen (secondary N) is 2. The van der Waals surface area contributed by atoms with Crippen molar-refractivity contribution in [1.82, 2.24) is 10.3 Å². The van der Waals surface area contributed by atoms with Crippen LogP contribution in [0.4, 0.5) is 5.69 Å². The molecule has 0 aliphatic heterocycles. The zero-order valence-electron chi connectivity index (χ0n) is 13.3. The molecule has 0 bridgehead atoms. The van der Waals surface area contributed by atoms with Gasteiger partial charge in [0.25, 0.3) is 5.91 Å². The summed E-state index contributed by atoms with van der Waals surface area (Å²) in [6.07, 6.45) is 0. The summed E-state index contributed by atoms with van der Waals surface area (Å²) in [4.78, 5) is 28.5. The molecule has 1 aromatic heterocycles. The minimum atomic E-state index is -0.421. The van der Waals surface area contributed by atoms with Crippen LogP contribution in [0.5, 0.6) is 0 Å². The predicted octanol–water partition coefficient (Wildman–Crippen LogP) is 4.49. The van der Waals surface area contributed by atoms with E-state index >= 15 is 0 Å². The quantitative estimate of drug-likeness (QED) is 0.656. The van der Waals surface area contributed by atoms with Crippen molar-refractivity contribution in [2.45, 2.75) is 0 Å². The minimum Gasteiger partial charge on any atom is -0.342 e. The Labute approximate surface area is 164 Å². The van der Waals surface area contributed by atoms with Gasteiger partial charge in [0.2, 0.25) is 5.91 Å². The van der Waals surface area contributed by atoms with E-state index in [2.05, 4.69) is 15.6 Å². The summed E-state index contributed by atoms with van der Waals surface area (Å²) >= 11 is 13.2. The average Bonchev–Trinajstić information content (AvgIpc) is 3.14. The van der Waals surface area contributed by atoms with Gasteiger partial charge in [0.05, 0.1) is 17.3 Å². The van der Waals surface area contributed by atoms with Crippen molar-refractivity contribution in [2.24, 2.45) is 0 Å². The Morgan fingerprint density at radius 1 is 1.08 bits per heavy atom. The average molecular weight is 406 g/mol. The smallest absolute Gasteiger partial charge is 0.271 e. The SMILES string of the molecule is O=C(CNC(=O)c1csc(-c2ccccc2)n1)Nc1cc(Cl)ccc1Cl. The molecule has 0 radical (unpaired) electrons. The number of hydrogen-bond acceptors (Lipinski definition) is 4. The van der Waals surface area contributed by atoms with Crippen LogP contribution in [0.15, 0.2) is 53.9 Å². The highest BCUT2D eigenvalue weighted by atomic mass is 35.5. The number of halogens is 2. The predicted molar refractivity (Wildman–Crippen MR) is 105 cm³/mol. The van der Waals surface area contributed by atoms with Crippen LogP contribution in [0, 0.1) is 0 Å². The molecule has 0 saturated heterocycles. The van der Waals surface area contributed by atoms with E-state index in [-0.39, 0.29) is 12.2 Å². The summed E-state index contributed by atoms with van der Waals surface area (Å²) in [5.74, 6) is -0.836. The maximum Gasteiger partial charge on any atom is 0.271 e. The summed E-state index contributed by atoms with van der Waals surface area (Å²) in [7, 11) is 0. The summed E-state index contributed by atoms with van der Waals surface area (Å²) in [5.41, 5.74) is 1.59. The standard InChI is InChI=1S/C18H13Cl2N3O2S/c19-12-6-7-13(20)14(8-12)22-16(24)9-21-17(25)15-10-26-18(23-15)11-4-2-1-3-5-11/h1-8,10H,9H2,(H,21,25)(H,22,24). The van der Waals surface area contributed by atoms with Crippen LogP contribution in [-0.2, 0) is 4.79 Å². The number of benzene rings is 2. The Bertz CT molecular complexity index is 945. The monoisotopic (exact) mass is 405 g/mol. The molecule has 2 N–H and O–H groups in total. The topological polar surface area (TPSA) is 71.1 Å². The number of amides is 2. The number of thiazole rings is 1. The second kappa shape index (κ2) is 8.31. The maximum absolute atomic E-state index is 12.2. The lowest BCUT2D eigenvalue weighted by Gasteiger charge is -2.08. The van der Waals surface area contributed by atoms with Crippen molar-refractivity contribution in [3.63, 3.8) is 0 Å². The highest BCUT2D eigenvalue weighted by molar-refractivity contribution is 7.13. The second-order valence-electron chi connectivity index (χ2n) is 5.26. The van der Waals surface area contributed by atoms with Gasteiger partial charge < -0.3 is 10.6 Å². The third kappa shape index (κ3) is 4.60. The Morgan fingerprint density at radius 2 is 1.85 bits per heavy atom. The van der Waals surface area contributed by atoms with Gasteiger partial charge in [0.15, 0.2) is 0 Å². The molecule has 0 saturated carbocycles. The number of anilines is 1. The van der Waals surface area contributed by atoms with E-state index in [4.69, 9.17) is 23.2 Å². The van der Waals surface area contributed by atoms with E-state index in [1.165, 1.54) is 17.4 Å². The molecule has 0 atom stereocenters. The van der Waals surface area contributed by atoms with E-state index in [1.54, 1.807) is 17.5 Å². The van der Waals surface area contributed by atoms with Gasteiger partial charge in [-0.15, -0.1) is 11.3 Å². The lowest BCUT2D eigenvalue weighted by atomic mass is 10.2. The van der Waals surface area contributed by atoms with Crippen LogP contribution >= 0.6 is 34.5 Å². The molecule has 0 unspecified atom stereocenters. The van der Waals surface area contributed by atoms with E-state index < -0.39 is 11.8 Å². The Kier molecular flexibility index (Phi) is 5.88. The van der Waals surface area contributed by atoms with Crippen molar-refractivity contribution in [3.8, 4) is 10.6 Å². The summed E-state index contributed by atoms with van der Waals surface area (Å²) in [6.45, 7) is -0.208. The molecule has 1 heterocycles. The molecule has 2 amide bonds. The molecule has 0 fully saturated rings. The first kappa shape index (κ1) is 18.4. The van der Waals surface area contributed by atoms with Gasteiger partial charge in [-0.1, -0.05) is 53.5 Å². The van der Waals surface area contributed by atoms with Crippen molar-refractivity contribution in [2.75, 3.05) is 11.9 Å². The number of rotatable bonds is 5. The molecule has 0 aliphatic carbocycles. The fraction of sp³-hybridized carbons (Fsp3) is 0.0556. The Hall–Kier alpha value is -2.41. The van der Waals surface area contributed by atoms with Crippen LogP contribution in [0.1, 0.15) is 10.5 Å². The minimum absolute atomic E-state index is 0.208. The molecule has 0 spiro atoms. The number of aromatic nitrogens is 1. The summed E-state index contributed by atoms with van der Waals surface area (Å²) in [6, 6.07) is 14.3. The van der Waals surface area contributed by atoms with Gasteiger partial charge in [-0.2, -0.15) is 0 Å². The fourth-order valence-electron chi connectivity index (χ4n) is 2.13. The lowest BCUT2D eigenvalue weighted by Crippen LogP contribution is -2.33. The van der Waals surface area contributed by atoms with E-state index in [0.717, 1.165) is 10.6 Å². The van der Waals surface area contributed by atoms with E-state index in [9.17, 15) is 9.59 Å². The molecule has 3 aromatic rings. The summed E-state index contributed by atoms with van der Waals surface area (Å²) < 4.78 is 0. The fourth-order valence-corrected chi connectivity index (χ4v) is 3.27. The van der Waals surface area contributed by atoms with Crippen LogP contribution in [0.3, 0.4) is 0 Å². The molecule has 132 valence electrons. The molecular formula is C18H13Cl2N3O2S. The van der Waals surface area contributed by atoms with Crippen molar-refractivity contribution in [1.29, 1.82) is 0 Å². The molecule has 5 nitrogen and oxygen atoms in total. The van der Waals surface area contributed by atoms with Gasteiger partial charge in [-0.05, 0) is 18.2 Å². The first-order valence-electron chi connectivity index (χ1n) is 7.57. The lowest BCUT2D eigenvalue weighted by molar-refractivity contribution is -0.115. The zero-order valence-corrected chi connectivity index (χ0v) is 15.7. The third-order valence-electron chi connectivity index (χ3n) is 3.37. The van der Waals surface area contributed by atoms with Crippen LogP contribution in [-0.4, -0.2) is 23.3 Å². The largest absolute Gasteiger partial charge is 0.342 e. The van der Waals surface area contributed by atoms with Gasteiger partial charge in [0.1, 0.15) is 10.7 Å². The third-order valence-corrected chi connectivity index (χ3v) is 4.83. The van der Waals surface area contributed by atoms with Crippen molar-refractivity contribution < 1.29 is 9.59 Å². The van der Waals surface area contributed by atoms with E-state index in [1.807, 2.05) is 30.3 Å². The summed E-state index contributed by atoms with van der Waals surface area (Å²) in [5, 5.41) is 8.34. The van der Waals surface area contributed by atoms with Gasteiger partial charge in [0, 0.05) is 16.0 Å². The highest BCUT2D eigenvalue weighted by Gasteiger charge is 2.13. The van der Waals surface area contributed by atoms with Crippen LogP contribution < -0.4 is 10.6 Å². The maximum atomic E-state index is 12.2. The number of carbonyl (C=O) groups excluding carboxylic acids is 2. The molecule has 3 rings (SSSR count). The van der Waals surface area contributed by atoms with Crippen molar-refractivity contribution in [3.05, 3.63) is 69.7 Å². The van der Waals surface area contributed by atoms with Crippen LogP contribution in [0.2, 0.25) is 10.0 Å². The van der Waals surface area contributed by atoms with Gasteiger partial charge in [-0.25, -0.2) is 4.98 Å². The van der Waals surface area contributed by atoms with E-state index in [0.29, 0.717) is 15.7 Å². The van der Waals surface area contributed by atoms with Crippen molar-refractivity contribution >= 4 is 52.0 Å². The first-order chi connectivity index (χ1) is 12.5. The van der Waals surface area contributed by atoms with Gasteiger partial charge >= 0.3 is 0 Å². The second-order valence-corrected chi connectivity index (χ2v) is 6.96. The molecule has 26 heavy (non-hydrogen) atoms. The molecule has 8 heteroatoms. The number of carbonyl (C=O) groups is 2. The Balaban J connectivity index is 1.58. The normalized spacial score (nSPS) is 10.4. The molecule has 0 aliphatic rings. The molecular weight excluding hydrogens is 393 g/mol.